The molecule has 0 saturated carbocycles. The lowest BCUT2D eigenvalue weighted by Crippen LogP contribution is -2.42. The Labute approximate surface area is 102 Å². The monoisotopic (exact) mass is 240 g/mol. The van der Waals surface area contributed by atoms with Crippen LogP contribution in [0.25, 0.3) is 0 Å². The van der Waals surface area contributed by atoms with E-state index in [-0.39, 0.29) is 0 Å². The maximum atomic E-state index is 5.19. The molecule has 1 unspecified atom stereocenters. The van der Waals surface area contributed by atoms with Gasteiger partial charge in [-0.15, -0.1) is 0 Å². The Morgan fingerprint density at radius 2 is 2.38 bits per heavy atom. The van der Waals surface area contributed by atoms with Crippen LogP contribution in [0.15, 0.2) is 18.7 Å². The topological polar surface area (TPSA) is 41.9 Å². The van der Waals surface area contributed by atoms with E-state index in [0.29, 0.717) is 6.04 Å². The van der Waals surface area contributed by atoms with Crippen LogP contribution in [0.5, 0.6) is 0 Å². The molecule has 1 atom stereocenters. The second kappa shape index (κ2) is 7.22. The van der Waals surface area contributed by atoms with Gasteiger partial charge in [0.05, 0.1) is 6.33 Å². The highest BCUT2D eigenvalue weighted by Gasteiger charge is 2.03. The van der Waals surface area contributed by atoms with E-state index in [1.54, 1.807) is 6.20 Å². The van der Waals surface area contributed by atoms with Crippen LogP contribution >= 0.6 is 12.2 Å². The van der Waals surface area contributed by atoms with Crippen LogP contribution in [0, 0.1) is 0 Å². The molecule has 1 rings (SSSR count). The summed E-state index contributed by atoms with van der Waals surface area (Å²) in [7, 11) is 0. The van der Waals surface area contributed by atoms with Gasteiger partial charge in [-0.25, -0.2) is 4.98 Å². The number of rotatable bonds is 6. The van der Waals surface area contributed by atoms with E-state index in [0.717, 1.165) is 24.6 Å². The lowest BCUT2D eigenvalue weighted by Gasteiger charge is -2.17. The Morgan fingerprint density at radius 1 is 1.56 bits per heavy atom. The quantitative estimate of drug-likeness (QED) is 0.584. The number of nitrogens with zero attached hydrogens (tertiary/aromatic N) is 2. The summed E-state index contributed by atoms with van der Waals surface area (Å²) in [5.74, 6) is 0. The van der Waals surface area contributed by atoms with Crippen molar-refractivity contribution in [2.75, 3.05) is 6.54 Å². The van der Waals surface area contributed by atoms with Crippen molar-refractivity contribution >= 4 is 17.3 Å². The summed E-state index contributed by atoms with van der Waals surface area (Å²) in [6, 6.07) is 0.302. The molecule has 0 fully saturated rings. The van der Waals surface area contributed by atoms with Crippen LogP contribution in [0.1, 0.15) is 26.7 Å². The Hall–Kier alpha value is -1.10. The molecule has 1 aromatic heterocycles. The van der Waals surface area contributed by atoms with Crippen molar-refractivity contribution in [2.24, 2.45) is 0 Å². The minimum atomic E-state index is 0.302. The van der Waals surface area contributed by atoms with Gasteiger partial charge in [0.25, 0.3) is 0 Å². The summed E-state index contributed by atoms with van der Waals surface area (Å²) >= 11 is 5.19. The van der Waals surface area contributed by atoms with Crippen molar-refractivity contribution < 1.29 is 0 Å². The first-order chi connectivity index (χ1) is 7.72. The third-order valence-corrected chi connectivity index (χ3v) is 2.50. The molecule has 1 aromatic rings. The summed E-state index contributed by atoms with van der Waals surface area (Å²) in [6.07, 6.45) is 7.87. The van der Waals surface area contributed by atoms with Gasteiger partial charge in [0.15, 0.2) is 5.11 Å². The van der Waals surface area contributed by atoms with E-state index in [9.17, 15) is 0 Å². The number of nitrogens with one attached hydrogen (secondary N) is 2. The van der Waals surface area contributed by atoms with Crippen molar-refractivity contribution in [3.63, 3.8) is 0 Å². The molecule has 5 heteroatoms. The molecular formula is C11H20N4S. The van der Waals surface area contributed by atoms with Crippen LogP contribution < -0.4 is 10.6 Å². The van der Waals surface area contributed by atoms with Gasteiger partial charge in [-0.05, 0) is 25.6 Å². The summed E-state index contributed by atoms with van der Waals surface area (Å²) in [4.78, 5) is 4.00. The molecule has 2 N–H and O–H groups in total. The van der Waals surface area contributed by atoms with E-state index >= 15 is 0 Å². The zero-order valence-electron chi connectivity index (χ0n) is 9.94. The van der Waals surface area contributed by atoms with Gasteiger partial charge in [-0.1, -0.05) is 13.3 Å². The molecule has 1 heterocycles. The molecule has 0 saturated heterocycles. The first-order valence-corrected chi connectivity index (χ1v) is 6.13. The summed E-state index contributed by atoms with van der Waals surface area (Å²) in [6.45, 7) is 6.09. The smallest absolute Gasteiger partial charge is 0.166 e. The first-order valence-electron chi connectivity index (χ1n) is 5.72. The van der Waals surface area contributed by atoms with Gasteiger partial charge in [0.1, 0.15) is 0 Å². The lowest BCUT2D eigenvalue weighted by atomic mass is 10.3. The predicted molar refractivity (Wildman–Crippen MR) is 70.3 cm³/mol. The molecule has 0 aliphatic carbocycles. The maximum absolute atomic E-state index is 5.19. The van der Waals surface area contributed by atoms with Crippen molar-refractivity contribution in [3.05, 3.63) is 18.7 Å². The largest absolute Gasteiger partial charge is 0.363 e. The predicted octanol–water partition coefficient (Wildman–Crippen LogP) is 1.54. The standard InChI is InChI=1S/C11H20N4S/c1-3-4-5-13-11(16)14-10(2)8-15-7-6-12-9-15/h6-7,9-10H,3-5,8H2,1-2H3,(H2,13,14,16). The number of thiocarbonyl (C=S) groups is 1. The van der Waals surface area contributed by atoms with Crippen LogP contribution in [0.3, 0.4) is 0 Å². The molecule has 0 amide bonds. The molecule has 90 valence electrons. The average molecular weight is 240 g/mol. The number of hydrogen-bond donors (Lipinski definition) is 2. The fourth-order valence-electron chi connectivity index (χ4n) is 1.41. The molecule has 16 heavy (non-hydrogen) atoms. The molecule has 0 aliphatic heterocycles. The van der Waals surface area contributed by atoms with Gasteiger partial charge < -0.3 is 15.2 Å². The van der Waals surface area contributed by atoms with E-state index in [4.69, 9.17) is 12.2 Å². The Morgan fingerprint density at radius 3 is 3.00 bits per heavy atom. The number of aromatic nitrogens is 2. The molecule has 0 spiro atoms. The van der Waals surface area contributed by atoms with Crippen molar-refractivity contribution in [1.29, 1.82) is 0 Å². The van der Waals surface area contributed by atoms with E-state index < -0.39 is 0 Å². The van der Waals surface area contributed by atoms with Crippen LogP contribution in [-0.2, 0) is 6.54 Å². The SMILES string of the molecule is CCCCNC(=S)NC(C)Cn1ccnc1. The Bertz CT molecular complexity index is 297. The third kappa shape index (κ3) is 5.11. The number of imidazole rings is 1. The van der Waals surface area contributed by atoms with Crippen LogP contribution in [-0.4, -0.2) is 27.3 Å². The van der Waals surface area contributed by atoms with E-state index in [2.05, 4.69) is 29.5 Å². The van der Waals surface area contributed by atoms with Crippen LogP contribution in [0.2, 0.25) is 0 Å². The highest BCUT2D eigenvalue weighted by Crippen LogP contribution is 1.91. The minimum absolute atomic E-state index is 0.302. The van der Waals surface area contributed by atoms with Crippen molar-refractivity contribution in [1.82, 2.24) is 20.2 Å². The second-order valence-electron chi connectivity index (χ2n) is 3.91. The fourth-order valence-corrected chi connectivity index (χ4v) is 1.71. The van der Waals surface area contributed by atoms with Crippen molar-refractivity contribution in [3.8, 4) is 0 Å². The number of unbranched alkanes of at least 4 members (excludes halogenated alkanes) is 1. The maximum Gasteiger partial charge on any atom is 0.166 e. The summed E-state index contributed by atoms with van der Waals surface area (Å²) in [5.41, 5.74) is 0. The lowest BCUT2D eigenvalue weighted by molar-refractivity contribution is 0.541. The second-order valence-corrected chi connectivity index (χ2v) is 4.32. The highest BCUT2D eigenvalue weighted by molar-refractivity contribution is 7.80. The first kappa shape index (κ1) is 13.0. The molecule has 0 aromatic carbocycles. The highest BCUT2D eigenvalue weighted by atomic mass is 32.1. The number of hydrogen-bond acceptors (Lipinski definition) is 2. The van der Waals surface area contributed by atoms with Crippen molar-refractivity contribution in [2.45, 2.75) is 39.3 Å². The van der Waals surface area contributed by atoms with Gasteiger partial charge in [-0.2, -0.15) is 0 Å². The summed E-state index contributed by atoms with van der Waals surface area (Å²) < 4.78 is 2.03. The minimum Gasteiger partial charge on any atom is -0.363 e. The zero-order valence-corrected chi connectivity index (χ0v) is 10.8. The van der Waals surface area contributed by atoms with Crippen LogP contribution in [0.4, 0.5) is 0 Å². The van der Waals surface area contributed by atoms with Gasteiger partial charge in [0.2, 0.25) is 0 Å². The fraction of sp³-hybridized carbons (Fsp3) is 0.636. The molecule has 0 aliphatic rings. The van der Waals surface area contributed by atoms with Gasteiger partial charge in [-0.3, -0.25) is 0 Å². The molecule has 0 radical (unpaired) electrons. The van der Waals surface area contributed by atoms with E-state index in [1.165, 1.54) is 6.42 Å². The average Bonchev–Trinajstić information content (AvgIpc) is 2.70. The molecule has 0 bridgehead atoms. The van der Waals surface area contributed by atoms with Gasteiger partial charge >= 0.3 is 0 Å². The zero-order chi connectivity index (χ0) is 11.8. The Kier molecular flexibility index (Phi) is 5.85. The van der Waals surface area contributed by atoms with Gasteiger partial charge in [0, 0.05) is 31.5 Å². The summed E-state index contributed by atoms with van der Waals surface area (Å²) in [5, 5.41) is 7.18. The molecule has 4 nitrogen and oxygen atoms in total. The molecular weight excluding hydrogens is 220 g/mol. The Balaban J connectivity index is 2.18. The normalized spacial score (nSPS) is 12.1. The van der Waals surface area contributed by atoms with E-state index in [1.807, 2.05) is 17.1 Å². The third-order valence-electron chi connectivity index (χ3n) is 2.24.